The van der Waals surface area contributed by atoms with E-state index >= 15 is 0 Å². The molecule has 0 fully saturated rings. The van der Waals surface area contributed by atoms with Crippen LogP contribution in [0, 0.1) is 0 Å². The van der Waals surface area contributed by atoms with Crippen LogP contribution in [0.1, 0.15) is 16.8 Å². The highest BCUT2D eigenvalue weighted by atomic mass is 79.9. The zero-order chi connectivity index (χ0) is 12.1. The molecule has 0 aliphatic rings. The molecule has 0 bridgehead atoms. The molecule has 17 heavy (non-hydrogen) atoms. The van der Waals surface area contributed by atoms with E-state index in [0.29, 0.717) is 17.6 Å². The lowest BCUT2D eigenvalue weighted by atomic mass is 10.1. The van der Waals surface area contributed by atoms with Crippen molar-refractivity contribution in [1.82, 2.24) is 15.3 Å². The number of amides is 1. The maximum absolute atomic E-state index is 11.9. The smallest absolute Gasteiger partial charge is 0.253 e. The Hall–Kier alpha value is -1.49. The highest BCUT2D eigenvalue weighted by Gasteiger charge is 2.10. The van der Waals surface area contributed by atoms with Crippen LogP contribution in [0.4, 0.5) is 0 Å². The molecule has 1 heterocycles. The summed E-state index contributed by atoms with van der Waals surface area (Å²) >= 11 is 3.32. The Morgan fingerprint density at radius 3 is 2.94 bits per heavy atom. The number of rotatable bonds is 4. The largest absolute Gasteiger partial charge is 0.352 e. The molecule has 5 heteroatoms. The van der Waals surface area contributed by atoms with Gasteiger partial charge in [-0.25, -0.2) is 0 Å². The second kappa shape index (κ2) is 5.72. The van der Waals surface area contributed by atoms with Gasteiger partial charge in [-0.3, -0.25) is 14.8 Å². The molecule has 0 aliphatic carbocycles. The summed E-state index contributed by atoms with van der Waals surface area (Å²) in [5.41, 5.74) is 1.96. The van der Waals surface area contributed by atoms with E-state index in [1.54, 1.807) is 18.5 Å². The minimum absolute atomic E-state index is 0.1000. The van der Waals surface area contributed by atoms with E-state index in [2.05, 4.69) is 31.2 Å². The Labute approximate surface area is 108 Å². The quantitative estimate of drug-likeness (QED) is 0.694. The summed E-state index contributed by atoms with van der Waals surface area (Å²) in [6, 6.07) is 5.43. The number of hydrogen-bond acceptors (Lipinski definition) is 3. The lowest BCUT2D eigenvalue weighted by Crippen LogP contribution is -2.25. The van der Waals surface area contributed by atoms with E-state index in [9.17, 15) is 4.79 Å². The van der Waals surface area contributed by atoms with Gasteiger partial charge in [-0.05, 0) is 18.6 Å². The van der Waals surface area contributed by atoms with Gasteiger partial charge in [0.05, 0.1) is 11.1 Å². The molecular formula is C12H12BrN3O. The van der Waals surface area contributed by atoms with E-state index in [1.165, 1.54) is 0 Å². The van der Waals surface area contributed by atoms with Gasteiger partial charge in [0.2, 0.25) is 0 Å². The Bertz CT molecular complexity index is 525. The van der Waals surface area contributed by atoms with E-state index in [0.717, 1.165) is 17.3 Å². The molecule has 1 aromatic carbocycles. The van der Waals surface area contributed by atoms with Crippen LogP contribution in [-0.2, 0) is 0 Å². The lowest BCUT2D eigenvalue weighted by molar-refractivity contribution is 0.0955. The summed E-state index contributed by atoms with van der Waals surface area (Å²) in [4.78, 5) is 20.3. The Morgan fingerprint density at radius 2 is 2.12 bits per heavy atom. The number of nitrogens with one attached hydrogen (secondary N) is 1. The van der Waals surface area contributed by atoms with Crippen molar-refractivity contribution >= 4 is 32.9 Å². The molecule has 2 aromatic rings. The molecule has 88 valence electrons. The van der Waals surface area contributed by atoms with Gasteiger partial charge in [-0.15, -0.1) is 0 Å². The Balaban J connectivity index is 2.26. The van der Waals surface area contributed by atoms with Crippen molar-refractivity contribution in [3.63, 3.8) is 0 Å². The van der Waals surface area contributed by atoms with E-state index < -0.39 is 0 Å². The molecule has 0 unspecified atom stereocenters. The first kappa shape index (κ1) is 12.0. The molecule has 2 rings (SSSR count). The predicted octanol–water partition coefficient (Wildman–Crippen LogP) is 2.14. The fraction of sp³-hybridized carbons (Fsp3) is 0.250. The molecule has 0 radical (unpaired) electrons. The Kier molecular flexibility index (Phi) is 4.03. The van der Waals surface area contributed by atoms with Gasteiger partial charge >= 0.3 is 0 Å². The average Bonchev–Trinajstić information content (AvgIpc) is 2.38. The summed E-state index contributed by atoms with van der Waals surface area (Å²) in [5.74, 6) is -0.1000. The first-order valence-electron chi connectivity index (χ1n) is 5.37. The number of nitrogens with zero attached hydrogens (tertiary/aromatic N) is 2. The highest BCUT2D eigenvalue weighted by Crippen LogP contribution is 2.13. The number of carbonyl (C=O) groups excluding carboxylic acids is 1. The fourth-order valence-corrected chi connectivity index (χ4v) is 1.82. The van der Waals surface area contributed by atoms with Crippen LogP contribution >= 0.6 is 15.9 Å². The minimum Gasteiger partial charge on any atom is -0.352 e. The monoisotopic (exact) mass is 293 g/mol. The second-order valence-corrected chi connectivity index (χ2v) is 4.32. The zero-order valence-corrected chi connectivity index (χ0v) is 10.8. The number of fused-ring (bicyclic) bond motifs is 1. The topological polar surface area (TPSA) is 54.9 Å². The molecule has 1 aromatic heterocycles. The van der Waals surface area contributed by atoms with Crippen LogP contribution < -0.4 is 5.32 Å². The number of para-hydroxylation sites is 1. The van der Waals surface area contributed by atoms with Crippen LogP contribution in [0.5, 0.6) is 0 Å². The maximum Gasteiger partial charge on any atom is 0.253 e. The van der Waals surface area contributed by atoms with Crippen LogP contribution in [0.3, 0.4) is 0 Å². The SMILES string of the molecule is O=C(NCCCBr)c1cccc2nccnc12. The predicted molar refractivity (Wildman–Crippen MR) is 70.3 cm³/mol. The highest BCUT2D eigenvalue weighted by molar-refractivity contribution is 9.09. The molecule has 0 saturated carbocycles. The summed E-state index contributed by atoms with van der Waals surface area (Å²) in [6.07, 6.45) is 4.12. The van der Waals surface area contributed by atoms with Crippen LogP contribution in [0.15, 0.2) is 30.6 Å². The van der Waals surface area contributed by atoms with Crippen molar-refractivity contribution in [2.45, 2.75) is 6.42 Å². The fourth-order valence-electron chi connectivity index (χ4n) is 1.54. The third-order valence-electron chi connectivity index (χ3n) is 2.34. The summed E-state index contributed by atoms with van der Waals surface area (Å²) in [7, 11) is 0. The number of hydrogen-bond donors (Lipinski definition) is 1. The lowest BCUT2D eigenvalue weighted by Gasteiger charge is -2.05. The Morgan fingerprint density at radius 1 is 1.29 bits per heavy atom. The molecule has 0 atom stereocenters. The van der Waals surface area contributed by atoms with Gasteiger partial charge in [0, 0.05) is 24.3 Å². The molecule has 0 aliphatic heterocycles. The first-order valence-corrected chi connectivity index (χ1v) is 6.49. The summed E-state index contributed by atoms with van der Waals surface area (Å²) in [5, 5.41) is 3.73. The normalized spacial score (nSPS) is 10.4. The number of alkyl halides is 1. The molecule has 4 nitrogen and oxygen atoms in total. The summed E-state index contributed by atoms with van der Waals surface area (Å²) in [6.45, 7) is 0.654. The van der Waals surface area contributed by atoms with Gasteiger partial charge < -0.3 is 5.32 Å². The van der Waals surface area contributed by atoms with E-state index in [4.69, 9.17) is 0 Å². The van der Waals surface area contributed by atoms with Crippen molar-refractivity contribution in [1.29, 1.82) is 0 Å². The number of aromatic nitrogens is 2. The van der Waals surface area contributed by atoms with Crippen molar-refractivity contribution in [2.24, 2.45) is 0 Å². The zero-order valence-electron chi connectivity index (χ0n) is 9.19. The van der Waals surface area contributed by atoms with Crippen LogP contribution in [0.25, 0.3) is 11.0 Å². The second-order valence-electron chi connectivity index (χ2n) is 3.53. The van der Waals surface area contributed by atoms with Crippen molar-refractivity contribution in [2.75, 3.05) is 11.9 Å². The van der Waals surface area contributed by atoms with Crippen molar-refractivity contribution in [3.8, 4) is 0 Å². The minimum atomic E-state index is -0.1000. The maximum atomic E-state index is 11.9. The van der Waals surface area contributed by atoms with Gasteiger partial charge in [-0.1, -0.05) is 22.0 Å². The molecule has 0 spiro atoms. The number of halogens is 1. The van der Waals surface area contributed by atoms with E-state index in [-0.39, 0.29) is 5.91 Å². The van der Waals surface area contributed by atoms with Gasteiger partial charge in [0.15, 0.2) is 0 Å². The van der Waals surface area contributed by atoms with Gasteiger partial charge in [-0.2, -0.15) is 0 Å². The number of benzene rings is 1. The molecule has 1 N–H and O–H groups in total. The average molecular weight is 294 g/mol. The van der Waals surface area contributed by atoms with Gasteiger partial charge in [0.25, 0.3) is 5.91 Å². The molecule has 1 amide bonds. The first-order chi connectivity index (χ1) is 8.33. The van der Waals surface area contributed by atoms with Crippen LogP contribution in [0.2, 0.25) is 0 Å². The van der Waals surface area contributed by atoms with Crippen molar-refractivity contribution in [3.05, 3.63) is 36.2 Å². The van der Waals surface area contributed by atoms with Crippen LogP contribution in [-0.4, -0.2) is 27.7 Å². The molecular weight excluding hydrogens is 282 g/mol. The summed E-state index contributed by atoms with van der Waals surface area (Å²) < 4.78 is 0. The van der Waals surface area contributed by atoms with Gasteiger partial charge in [0.1, 0.15) is 5.52 Å². The molecule has 0 saturated heterocycles. The standard InChI is InChI=1S/C12H12BrN3O/c13-5-2-6-16-12(17)9-3-1-4-10-11(9)15-8-7-14-10/h1,3-4,7-8H,2,5-6H2,(H,16,17). The third kappa shape index (κ3) is 2.79. The number of carbonyl (C=O) groups is 1. The third-order valence-corrected chi connectivity index (χ3v) is 2.90. The van der Waals surface area contributed by atoms with Crippen molar-refractivity contribution < 1.29 is 4.79 Å². The van der Waals surface area contributed by atoms with E-state index in [1.807, 2.05) is 12.1 Å².